The monoisotopic (exact) mass is 423 g/mol. The number of aromatic nitrogens is 1. The van der Waals surface area contributed by atoms with Crippen LogP contribution in [0.2, 0.25) is 0 Å². The Kier molecular flexibility index (Phi) is 6.29. The molecule has 160 valence electrons. The number of primary amides is 1. The van der Waals surface area contributed by atoms with Crippen molar-refractivity contribution >= 4 is 5.91 Å². The first kappa shape index (κ1) is 21.3. The molecule has 5 nitrogen and oxygen atoms in total. The number of benzene rings is 3. The lowest BCUT2D eigenvalue weighted by atomic mass is 10.0. The minimum Gasteiger partial charge on any atom is -0.439 e. The van der Waals surface area contributed by atoms with Crippen LogP contribution in [0.25, 0.3) is 22.4 Å². The zero-order valence-electron chi connectivity index (χ0n) is 17.9. The molecule has 0 saturated heterocycles. The molecule has 0 saturated carbocycles. The lowest BCUT2D eigenvalue weighted by Gasteiger charge is -2.12. The second-order valence-corrected chi connectivity index (χ2v) is 7.70. The number of hydrogen-bond acceptors (Lipinski definition) is 4. The first-order chi connectivity index (χ1) is 15.5. The smallest absolute Gasteiger partial charge is 0.221 e. The number of ether oxygens (including phenoxy) is 1. The van der Waals surface area contributed by atoms with E-state index < -0.39 is 0 Å². The molecule has 0 aliphatic rings. The Morgan fingerprint density at radius 3 is 2.53 bits per heavy atom. The third-order valence-electron chi connectivity index (χ3n) is 5.15. The predicted octanol–water partition coefficient (Wildman–Crippen LogP) is 5.00. The van der Waals surface area contributed by atoms with Crippen molar-refractivity contribution < 1.29 is 9.53 Å². The van der Waals surface area contributed by atoms with E-state index in [1.54, 1.807) is 0 Å². The Morgan fingerprint density at radius 2 is 1.72 bits per heavy atom. The lowest BCUT2D eigenvalue weighted by molar-refractivity contribution is -0.117. The van der Waals surface area contributed by atoms with E-state index >= 15 is 0 Å². The standard InChI is InChI=1S/C27H25N3O2/c1-18-12-22(20-8-4-6-19(14-20)17-28)15-23(13-18)32-27-11-5-10-25(30-27)24-9-3-2-7-21(24)16-26(29)31/h2-15H,16-17,28H2,1H3,(H2,29,31). The summed E-state index contributed by atoms with van der Waals surface area (Å²) in [5.41, 5.74) is 17.9. The molecule has 32 heavy (non-hydrogen) atoms. The molecule has 0 atom stereocenters. The van der Waals surface area contributed by atoms with Gasteiger partial charge >= 0.3 is 0 Å². The van der Waals surface area contributed by atoms with E-state index in [1.165, 1.54) is 0 Å². The number of rotatable bonds is 7. The summed E-state index contributed by atoms with van der Waals surface area (Å²) in [5, 5.41) is 0. The molecule has 5 heteroatoms. The van der Waals surface area contributed by atoms with E-state index in [2.05, 4.69) is 23.2 Å². The second-order valence-electron chi connectivity index (χ2n) is 7.70. The molecule has 4 N–H and O–H groups in total. The highest BCUT2D eigenvalue weighted by Crippen LogP contribution is 2.30. The van der Waals surface area contributed by atoms with Crippen LogP contribution in [0.3, 0.4) is 0 Å². The van der Waals surface area contributed by atoms with Crippen LogP contribution < -0.4 is 16.2 Å². The molecule has 0 fully saturated rings. The van der Waals surface area contributed by atoms with Gasteiger partial charge in [0, 0.05) is 18.2 Å². The number of pyridine rings is 1. The molecule has 1 amide bonds. The third kappa shape index (κ3) is 5.02. The largest absolute Gasteiger partial charge is 0.439 e. The van der Waals surface area contributed by atoms with Gasteiger partial charge in [-0.3, -0.25) is 4.79 Å². The maximum Gasteiger partial charge on any atom is 0.221 e. The van der Waals surface area contributed by atoms with Gasteiger partial charge in [0.25, 0.3) is 0 Å². The number of carbonyl (C=O) groups excluding carboxylic acids is 1. The fraction of sp³-hybridized carbons (Fsp3) is 0.111. The normalized spacial score (nSPS) is 10.7. The van der Waals surface area contributed by atoms with Gasteiger partial charge in [-0.15, -0.1) is 0 Å². The van der Waals surface area contributed by atoms with Crippen LogP contribution in [0.5, 0.6) is 11.6 Å². The van der Waals surface area contributed by atoms with Crippen LogP contribution in [-0.4, -0.2) is 10.9 Å². The molecular formula is C27H25N3O2. The predicted molar refractivity (Wildman–Crippen MR) is 127 cm³/mol. The molecule has 4 aromatic rings. The van der Waals surface area contributed by atoms with Crippen LogP contribution >= 0.6 is 0 Å². The van der Waals surface area contributed by atoms with Gasteiger partial charge in [0.05, 0.1) is 12.1 Å². The summed E-state index contributed by atoms with van der Waals surface area (Å²) < 4.78 is 6.13. The average molecular weight is 424 g/mol. The number of nitrogens with two attached hydrogens (primary N) is 2. The third-order valence-corrected chi connectivity index (χ3v) is 5.15. The molecule has 0 unspecified atom stereocenters. The van der Waals surface area contributed by atoms with Crippen LogP contribution in [0, 0.1) is 6.92 Å². The number of carbonyl (C=O) groups is 1. The number of hydrogen-bond donors (Lipinski definition) is 2. The highest BCUT2D eigenvalue weighted by atomic mass is 16.5. The second kappa shape index (κ2) is 9.45. The topological polar surface area (TPSA) is 91.2 Å². The maximum atomic E-state index is 11.5. The average Bonchev–Trinajstić information content (AvgIpc) is 2.79. The number of nitrogens with zero attached hydrogens (tertiary/aromatic N) is 1. The minimum absolute atomic E-state index is 0.159. The SMILES string of the molecule is Cc1cc(Oc2cccc(-c3ccccc3CC(N)=O)n2)cc(-c2cccc(CN)c2)c1. The molecule has 0 aliphatic carbocycles. The Hall–Kier alpha value is -3.96. The Labute approximate surface area is 187 Å². The Bertz CT molecular complexity index is 1270. The van der Waals surface area contributed by atoms with E-state index in [1.807, 2.05) is 73.7 Å². The molecule has 0 spiro atoms. The molecule has 0 aliphatic heterocycles. The van der Waals surface area contributed by atoms with Crippen molar-refractivity contribution in [2.45, 2.75) is 19.9 Å². The van der Waals surface area contributed by atoms with Crippen molar-refractivity contribution in [1.82, 2.24) is 4.98 Å². The summed E-state index contributed by atoms with van der Waals surface area (Å²) in [4.78, 5) is 16.1. The summed E-state index contributed by atoms with van der Waals surface area (Å²) >= 11 is 0. The zero-order valence-corrected chi connectivity index (χ0v) is 17.9. The molecule has 0 bridgehead atoms. The van der Waals surface area contributed by atoms with Gasteiger partial charge in [-0.25, -0.2) is 4.98 Å². The quantitative estimate of drug-likeness (QED) is 0.437. The van der Waals surface area contributed by atoms with Gasteiger partial charge in [-0.05, 0) is 59.0 Å². The van der Waals surface area contributed by atoms with E-state index in [9.17, 15) is 4.79 Å². The fourth-order valence-corrected chi connectivity index (χ4v) is 3.71. The summed E-state index contributed by atoms with van der Waals surface area (Å²) in [6, 6.07) is 27.5. The molecule has 1 aromatic heterocycles. The van der Waals surface area contributed by atoms with Crippen molar-refractivity contribution in [3.63, 3.8) is 0 Å². The molecule has 0 radical (unpaired) electrons. The summed E-state index contributed by atoms with van der Waals surface area (Å²) in [7, 11) is 0. The molecule has 4 rings (SSSR count). The highest BCUT2D eigenvalue weighted by molar-refractivity contribution is 5.80. The van der Waals surface area contributed by atoms with Gasteiger partial charge in [0.15, 0.2) is 0 Å². The van der Waals surface area contributed by atoms with Crippen molar-refractivity contribution in [2.75, 3.05) is 0 Å². The summed E-state index contributed by atoms with van der Waals surface area (Å²) in [5.74, 6) is 0.799. The van der Waals surface area contributed by atoms with Gasteiger partial charge in [-0.1, -0.05) is 54.6 Å². The molecule has 1 heterocycles. The zero-order chi connectivity index (χ0) is 22.5. The van der Waals surface area contributed by atoms with E-state index in [4.69, 9.17) is 16.2 Å². The number of amides is 1. The van der Waals surface area contributed by atoms with E-state index in [0.717, 1.165) is 39.1 Å². The van der Waals surface area contributed by atoms with Crippen LogP contribution in [-0.2, 0) is 17.8 Å². The van der Waals surface area contributed by atoms with Gasteiger partial charge in [-0.2, -0.15) is 0 Å². The number of aryl methyl sites for hydroxylation is 1. The fourth-order valence-electron chi connectivity index (χ4n) is 3.71. The van der Waals surface area contributed by atoms with Crippen molar-refractivity contribution in [1.29, 1.82) is 0 Å². The van der Waals surface area contributed by atoms with Gasteiger partial charge in [0.2, 0.25) is 11.8 Å². The van der Waals surface area contributed by atoms with Gasteiger partial charge in [0.1, 0.15) is 5.75 Å². The molecular weight excluding hydrogens is 398 g/mol. The van der Waals surface area contributed by atoms with E-state index in [-0.39, 0.29) is 12.3 Å². The Balaban J connectivity index is 1.65. The summed E-state index contributed by atoms with van der Waals surface area (Å²) in [6.07, 6.45) is 0.159. The summed E-state index contributed by atoms with van der Waals surface area (Å²) in [6.45, 7) is 2.53. The van der Waals surface area contributed by atoms with Crippen LogP contribution in [0.1, 0.15) is 16.7 Å². The molecule has 3 aromatic carbocycles. The van der Waals surface area contributed by atoms with Gasteiger partial charge < -0.3 is 16.2 Å². The highest BCUT2D eigenvalue weighted by Gasteiger charge is 2.10. The van der Waals surface area contributed by atoms with Crippen LogP contribution in [0.15, 0.2) is 84.9 Å². The lowest BCUT2D eigenvalue weighted by Crippen LogP contribution is -2.14. The Morgan fingerprint density at radius 1 is 0.906 bits per heavy atom. The van der Waals surface area contributed by atoms with Crippen molar-refractivity contribution in [3.05, 3.63) is 102 Å². The van der Waals surface area contributed by atoms with E-state index in [0.29, 0.717) is 18.2 Å². The first-order valence-corrected chi connectivity index (χ1v) is 10.4. The van der Waals surface area contributed by atoms with Crippen molar-refractivity contribution in [2.24, 2.45) is 11.5 Å². The van der Waals surface area contributed by atoms with Crippen LogP contribution in [0.4, 0.5) is 0 Å². The first-order valence-electron chi connectivity index (χ1n) is 10.4. The maximum absolute atomic E-state index is 11.5. The minimum atomic E-state index is -0.379. The van der Waals surface area contributed by atoms with Crippen molar-refractivity contribution in [3.8, 4) is 34.0 Å².